The Balaban J connectivity index is 2.16. The van der Waals surface area contributed by atoms with Crippen LogP contribution >= 0.6 is 11.3 Å². The van der Waals surface area contributed by atoms with E-state index in [1.165, 1.54) is 41.5 Å². The molecule has 1 aliphatic heterocycles. The molecule has 1 N–H and O–H groups in total. The van der Waals surface area contributed by atoms with Gasteiger partial charge >= 0.3 is 0 Å². The molecule has 1 aromatic heterocycles. The summed E-state index contributed by atoms with van der Waals surface area (Å²) in [5, 5.41) is 4.51. The molecule has 1 unspecified atom stereocenters. The molecule has 1 aromatic rings. The molecule has 1 aliphatic rings. The van der Waals surface area contributed by atoms with Gasteiger partial charge in [0.2, 0.25) is 0 Å². The molecule has 3 nitrogen and oxygen atoms in total. The van der Waals surface area contributed by atoms with Crippen LogP contribution in [0.15, 0.2) is 0 Å². The molecule has 0 bridgehead atoms. The molecule has 90 valence electrons. The highest BCUT2D eigenvalue weighted by molar-refractivity contribution is 7.15. The molecule has 1 saturated heterocycles. The first-order chi connectivity index (χ1) is 7.72. The third-order valence-corrected chi connectivity index (χ3v) is 4.44. The normalized spacial score (nSPS) is 21.4. The minimum absolute atomic E-state index is 0.628. The molecule has 0 saturated carbocycles. The van der Waals surface area contributed by atoms with Gasteiger partial charge < -0.3 is 10.2 Å². The van der Waals surface area contributed by atoms with Crippen LogP contribution in [0.2, 0.25) is 0 Å². The molecule has 4 heteroatoms. The topological polar surface area (TPSA) is 28.2 Å². The van der Waals surface area contributed by atoms with E-state index in [0.29, 0.717) is 6.04 Å². The van der Waals surface area contributed by atoms with Crippen LogP contribution in [-0.4, -0.2) is 31.2 Å². The van der Waals surface area contributed by atoms with Gasteiger partial charge in [0, 0.05) is 24.0 Å². The standard InChI is InChI=1S/C12H21N3S/c1-9-10(2)16-12(14-9)15-7-5-4-6-11(15)8-13-3/h11,13H,4-8H2,1-3H3. The Morgan fingerprint density at radius 1 is 1.44 bits per heavy atom. The van der Waals surface area contributed by atoms with E-state index in [2.05, 4.69) is 29.0 Å². The van der Waals surface area contributed by atoms with Crippen molar-refractivity contribution < 1.29 is 0 Å². The predicted octanol–water partition coefficient (Wildman–Crippen LogP) is 2.34. The lowest BCUT2D eigenvalue weighted by molar-refractivity contribution is 0.446. The van der Waals surface area contributed by atoms with E-state index in [-0.39, 0.29) is 0 Å². The van der Waals surface area contributed by atoms with Gasteiger partial charge in [-0.25, -0.2) is 4.98 Å². The van der Waals surface area contributed by atoms with Crippen molar-refractivity contribution in [1.82, 2.24) is 10.3 Å². The molecule has 2 rings (SSSR count). The fraction of sp³-hybridized carbons (Fsp3) is 0.750. The smallest absolute Gasteiger partial charge is 0.186 e. The maximum Gasteiger partial charge on any atom is 0.186 e. The second-order valence-electron chi connectivity index (χ2n) is 4.54. The van der Waals surface area contributed by atoms with E-state index in [4.69, 9.17) is 0 Å². The SMILES string of the molecule is CNCC1CCCCN1c1nc(C)c(C)s1. The van der Waals surface area contributed by atoms with Crippen LogP contribution in [0.4, 0.5) is 5.13 Å². The summed E-state index contributed by atoms with van der Waals surface area (Å²) < 4.78 is 0. The number of hydrogen-bond donors (Lipinski definition) is 1. The lowest BCUT2D eigenvalue weighted by Gasteiger charge is -2.35. The van der Waals surface area contributed by atoms with Gasteiger partial charge in [-0.3, -0.25) is 0 Å². The molecular weight excluding hydrogens is 218 g/mol. The number of aromatic nitrogens is 1. The fourth-order valence-corrected chi connectivity index (χ4v) is 3.29. The zero-order chi connectivity index (χ0) is 11.5. The van der Waals surface area contributed by atoms with Crippen LogP contribution in [0.5, 0.6) is 0 Å². The van der Waals surface area contributed by atoms with Crippen LogP contribution in [0.3, 0.4) is 0 Å². The van der Waals surface area contributed by atoms with Crippen molar-refractivity contribution in [3.63, 3.8) is 0 Å². The number of rotatable bonds is 3. The molecule has 0 radical (unpaired) electrons. The predicted molar refractivity (Wildman–Crippen MR) is 70.5 cm³/mol. The minimum Gasteiger partial charge on any atom is -0.344 e. The van der Waals surface area contributed by atoms with Gasteiger partial charge in [-0.2, -0.15) is 0 Å². The summed E-state index contributed by atoms with van der Waals surface area (Å²) >= 11 is 1.84. The number of nitrogens with one attached hydrogen (secondary N) is 1. The van der Waals surface area contributed by atoms with Gasteiger partial charge in [0.1, 0.15) is 0 Å². The Kier molecular flexibility index (Phi) is 3.82. The first-order valence-corrected chi connectivity index (χ1v) is 6.89. The highest BCUT2D eigenvalue weighted by Gasteiger charge is 2.24. The van der Waals surface area contributed by atoms with E-state index in [1.807, 2.05) is 18.4 Å². The van der Waals surface area contributed by atoms with Crippen molar-refractivity contribution in [1.29, 1.82) is 0 Å². The number of nitrogens with zero attached hydrogens (tertiary/aromatic N) is 2. The highest BCUT2D eigenvalue weighted by Crippen LogP contribution is 2.30. The van der Waals surface area contributed by atoms with Crippen LogP contribution in [-0.2, 0) is 0 Å². The number of piperidine rings is 1. The first-order valence-electron chi connectivity index (χ1n) is 6.07. The molecular formula is C12H21N3S. The Bertz CT molecular complexity index is 327. The summed E-state index contributed by atoms with van der Waals surface area (Å²) in [6.07, 6.45) is 3.95. The van der Waals surface area contributed by atoms with Crippen molar-refractivity contribution in [2.45, 2.75) is 39.2 Å². The Labute approximate surface area is 102 Å². The average Bonchev–Trinajstić information content (AvgIpc) is 2.60. The molecule has 2 heterocycles. The number of thiazole rings is 1. The molecule has 1 fully saturated rings. The van der Waals surface area contributed by atoms with Crippen molar-refractivity contribution in [2.75, 3.05) is 25.0 Å². The van der Waals surface area contributed by atoms with Gasteiger partial charge in [-0.1, -0.05) is 0 Å². The third kappa shape index (κ3) is 2.38. The molecule has 0 amide bonds. The van der Waals surface area contributed by atoms with Crippen molar-refractivity contribution in [2.24, 2.45) is 0 Å². The highest BCUT2D eigenvalue weighted by atomic mass is 32.1. The van der Waals surface area contributed by atoms with Gasteiger partial charge in [0.25, 0.3) is 0 Å². The average molecular weight is 239 g/mol. The number of likely N-dealkylation sites (N-methyl/N-ethyl adjacent to an activating group) is 1. The molecule has 0 aliphatic carbocycles. The summed E-state index contributed by atoms with van der Waals surface area (Å²) in [7, 11) is 2.03. The Hall–Kier alpha value is -0.610. The molecule has 16 heavy (non-hydrogen) atoms. The number of hydrogen-bond acceptors (Lipinski definition) is 4. The molecule has 0 aromatic carbocycles. The lowest BCUT2D eigenvalue weighted by Crippen LogP contribution is -2.44. The summed E-state index contributed by atoms with van der Waals surface area (Å²) in [6.45, 7) is 6.50. The number of anilines is 1. The minimum atomic E-state index is 0.628. The van der Waals surface area contributed by atoms with Gasteiger partial charge in [-0.05, 0) is 40.2 Å². The van der Waals surface area contributed by atoms with Crippen molar-refractivity contribution >= 4 is 16.5 Å². The van der Waals surface area contributed by atoms with Crippen molar-refractivity contribution in [3.05, 3.63) is 10.6 Å². The monoisotopic (exact) mass is 239 g/mol. The van der Waals surface area contributed by atoms with E-state index in [0.717, 1.165) is 6.54 Å². The Morgan fingerprint density at radius 2 is 2.25 bits per heavy atom. The van der Waals surface area contributed by atoms with E-state index < -0.39 is 0 Å². The summed E-state index contributed by atoms with van der Waals surface area (Å²) in [4.78, 5) is 8.52. The van der Waals surface area contributed by atoms with E-state index in [9.17, 15) is 0 Å². The Morgan fingerprint density at radius 3 is 2.88 bits per heavy atom. The van der Waals surface area contributed by atoms with E-state index >= 15 is 0 Å². The summed E-state index contributed by atoms with van der Waals surface area (Å²) in [5.74, 6) is 0. The summed E-state index contributed by atoms with van der Waals surface area (Å²) in [5.41, 5.74) is 1.19. The molecule has 1 atom stereocenters. The number of aryl methyl sites for hydroxylation is 2. The van der Waals surface area contributed by atoms with Crippen LogP contribution in [0.25, 0.3) is 0 Å². The van der Waals surface area contributed by atoms with Gasteiger partial charge in [-0.15, -0.1) is 11.3 Å². The van der Waals surface area contributed by atoms with Gasteiger partial charge in [0.15, 0.2) is 5.13 Å². The molecule has 0 spiro atoms. The second-order valence-corrected chi connectivity index (χ2v) is 5.72. The maximum atomic E-state index is 4.68. The lowest BCUT2D eigenvalue weighted by atomic mass is 10.0. The van der Waals surface area contributed by atoms with Crippen LogP contribution in [0.1, 0.15) is 29.8 Å². The maximum absolute atomic E-state index is 4.68. The zero-order valence-electron chi connectivity index (χ0n) is 10.4. The van der Waals surface area contributed by atoms with Crippen molar-refractivity contribution in [3.8, 4) is 0 Å². The second kappa shape index (κ2) is 5.15. The van der Waals surface area contributed by atoms with Crippen LogP contribution < -0.4 is 10.2 Å². The fourth-order valence-electron chi connectivity index (χ4n) is 2.28. The zero-order valence-corrected chi connectivity index (χ0v) is 11.2. The van der Waals surface area contributed by atoms with E-state index in [1.54, 1.807) is 0 Å². The third-order valence-electron chi connectivity index (χ3n) is 3.33. The largest absolute Gasteiger partial charge is 0.344 e. The van der Waals surface area contributed by atoms with Gasteiger partial charge in [0.05, 0.1) is 5.69 Å². The first kappa shape index (κ1) is 11.9. The quantitative estimate of drug-likeness (QED) is 0.877. The van der Waals surface area contributed by atoms with Crippen LogP contribution in [0, 0.1) is 13.8 Å². The summed E-state index contributed by atoms with van der Waals surface area (Å²) in [6, 6.07) is 0.628.